The van der Waals surface area contributed by atoms with Crippen molar-refractivity contribution in [1.82, 2.24) is 5.32 Å². The Morgan fingerprint density at radius 3 is 2.28 bits per heavy atom. The van der Waals surface area contributed by atoms with Gasteiger partial charge in [0.2, 0.25) is 0 Å². The first-order chi connectivity index (χ1) is 8.28. The minimum atomic E-state index is -2.08. The topological polar surface area (TPSA) is 58.5 Å². The van der Waals surface area contributed by atoms with E-state index < -0.39 is 9.73 Å². The van der Waals surface area contributed by atoms with Gasteiger partial charge < -0.3 is 5.32 Å². The Labute approximate surface area is 109 Å². The molecule has 0 bridgehead atoms. The SMILES string of the molecule is Cc1cc(C)cc(C(=O)NCCN=S(C)(C)=O)c1. The van der Waals surface area contributed by atoms with Crippen molar-refractivity contribution in [1.29, 1.82) is 0 Å². The molecule has 18 heavy (non-hydrogen) atoms. The van der Waals surface area contributed by atoms with E-state index in [4.69, 9.17) is 0 Å². The predicted molar refractivity (Wildman–Crippen MR) is 75.5 cm³/mol. The summed E-state index contributed by atoms with van der Waals surface area (Å²) in [5, 5.41) is 2.77. The lowest BCUT2D eigenvalue weighted by Gasteiger charge is -2.06. The standard InChI is InChI=1S/C13H20N2O2S/c1-10-7-11(2)9-12(8-10)13(16)14-5-6-15-18(3,4)17/h7-9H,5-6H2,1-4H3,(H,14,16). The summed E-state index contributed by atoms with van der Waals surface area (Å²) in [5.41, 5.74) is 2.78. The number of carbonyl (C=O) groups excluding carboxylic acids is 1. The quantitative estimate of drug-likeness (QED) is 0.846. The van der Waals surface area contributed by atoms with E-state index in [-0.39, 0.29) is 5.91 Å². The Hall–Kier alpha value is -1.36. The van der Waals surface area contributed by atoms with Crippen LogP contribution in [0.5, 0.6) is 0 Å². The fourth-order valence-electron chi connectivity index (χ4n) is 1.64. The highest BCUT2D eigenvalue weighted by Gasteiger charge is 2.05. The molecule has 4 nitrogen and oxygen atoms in total. The second-order valence-electron chi connectivity index (χ2n) is 4.67. The third kappa shape index (κ3) is 5.31. The molecular weight excluding hydrogens is 248 g/mol. The molecule has 1 amide bonds. The predicted octanol–water partition coefficient (Wildman–Crippen LogP) is 1.76. The van der Waals surface area contributed by atoms with E-state index >= 15 is 0 Å². The minimum absolute atomic E-state index is 0.115. The molecule has 0 saturated heterocycles. The number of carbonyl (C=O) groups is 1. The fourth-order valence-corrected chi connectivity index (χ4v) is 2.17. The van der Waals surface area contributed by atoms with Crippen molar-refractivity contribution in [2.45, 2.75) is 13.8 Å². The van der Waals surface area contributed by atoms with Crippen molar-refractivity contribution in [3.05, 3.63) is 34.9 Å². The Bertz CT molecular complexity index is 530. The highest BCUT2D eigenvalue weighted by atomic mass is 32.2. The average molecular weight is 268 g/mol. The van der Waals surface area contributed by atoms with Gasteiger partial charge >= 0.3 is 0 Å². The van der Waals surface area contributed by atoms with E-state index in [9.17, 15) is 9.00 Å². The van der Waals surface area contributed by atoms with Gasteiger partial charge in [-0.2, -0.15) is 0 Å². The number of rotatable bonds is 4. The lowest BCUT2D eigenvalue weighted by molar-refractivity contribution is 0.0954. The number of benzene rings is 1. The molecule has 0 fully saturated rings. The molecular formula is C13H20N2O2S. The van der Waals surface area contributed by atoms with E-state index in [1.165, 1.54) is 0 Å². The molecule has 0 aliphatic carbocycles. The maximum absolute atomic E-state index is 11.8. The van der Waals surface area contributed by atoms with Crippen LogP contribution in [0.15, 0.2) is 22.6 Å². The van der Waals surface area contributed by atoms with Gasteiger partial charge in [0.25, 0.3) is 5.91 Å². The van der Waals surface area contributed by atoms with Gasteiger partial charge in [-0.15, -0.1) is 0 Å². The van der Waals surface area contributed by atoms with Crippen LogP contribution < -0.4 is 5.32 Å². The van der Waals surface area contributed by atoms with Gasteiger partial charge in [0, 0.05) is 34.3 Å². The van der Waals surface area contributed by atoms with E-state index in [2.05, 4.69) is 9.68 Å². The Kier molecular flexibility index (Phi) is 4.90. The van der Waals surface area contributed by atoms with Crippen LogP contribution in [-0.4, -0.2) is 35.7 Å². The maximum Gasteiger partial charge on any atom is 0.251 e. The van der Waals surface area contributed by atoms with Gasteiger partial charge in [-0.1, -0.05) is 17.2 Å². The summed E-state index contributed by atoms with van der Waals surface area (Å²) >= 11 is 0. The van der Waals surface area contributed by atoms with Crippen molar-refractivity contribution in [2.24, 2.45) is 4.36 Å². The second kappa shape index (κ2) is 6.00. The summed E-state index contributed by atoms with van der Waals surface area (Å²) in [4.78, 5) is 11.8. The monoisotopic (exact) mass is 268 g/mol. The van der Waals surface area contributed by atoms with Crippen LogP contribution in [0.3, 0.4) is 0 Å². The van der Waals surface area contributed by atoms with Crippen LogP contribution >= 0.6 is 0 Å². The maximum atomic E-state index is 11.8. The molecule has 0 atom stereocenters. The number of amides is 1. The molecule has 0 aliphatic rings. The average Bonchev–Trinajstić information content (AvgIpc) is 2.21. The zero-order chi connectivity index (χ0) is 13.8. The zero-order valence-corrected chi connectivity index (χ0v) is 12.1. The van der Waals surface area contributed by atoms with Crippen LogP contribution in [0.1, 0.15) is 21.5 Å². The van der Waals surface area contributed by atoms with E-state index in [1.807, 2.05) is 32.0 Å². The molecule has 0 aliphatic heterocycles. The summed E-state index contributed by atoms with van der Waals surface area (Å²) in [6.45, 7) is 4.71. The summed E-state index contributed by atoms with van der Waals surface area (Å²) in [5.74, 6) is -0.115. The third-order valence-electron chi connectivity index (χ3n) is 2.28. The molecule has 0 aromatic heterocycles. The van der Waals surface area contributed by atoms with Crippen molar-refractivity contribution in [3.63, 3.8) is 0 Å². The van der Waals surface area contributed by atoms with E-state index in [0.717, 1.165) is 11.1 Å². The Balaban J connectivity index is 2.59. The largest absolute Gasteiger partial charge is 0.350 e. The van der Waals surface area contributed by atoms with E-state index in [0.29, 0.717) is 18.7 Å². The third-order valence-corrected chi connectivity index (χ3v) is 3.09. The fraction of sp³-hybridized carbons (Fsp3) is 0.462. The molecule has 1 rings (SSSR count). The van der Waals surface area contributed by atoms with Gasteiger partial charge in [0.15, 0.2) is 0 Å². The number of nitrogens with zero attached hydrogens (tertiary/aromatic N) is 1. The van der Waals surface area contributed by atoms with Gasteiger partial charge in [-0.3, -0.25) is 9.00 Å². The normalized spacial score (nSPS) is 11.1. The first kappa shape index (κ1) is 14.7. The molecule has 0 heterocycles. The molecule has 5 heteroatoms. The Morgan fingerprint density at radius 1 is 1.22 bits per heavy atom. The lowest BCUT2D eigenvalue weighted by Crippen LogP contribution is -2.26. The second-order valence-corrected chi connectivity index (χ2v) is 7.29. The van der Waals surface area contributed by atoms with Crippen LogP contribution in [0, 0.1) is 13.8 Å². The summed E-state index contributed by atoms with van der Waals surface area (Å²) in [6.07, 6.45) is 3.16. The number of nitrogens with one attached hydrogen (secondary N) is 1. The molecule has 0 saturated carbocycles. The highest BCUT2D eigenvalue weighted by Crippen LogP contribution is 2.08. The number of hydrogen-bond acceptors (Lipinski definition) is 3. The van der Waals surface area contributed by atoms with Crippen molar-refractivity contribution < 1.29 is 9.00 Å². The number of hydrogen-bond donors (Lipinski definition) is 1. The van der Waals surface area contributed by atoms with Crippen LogP contribution in [0.4, 0.5) is 0 Å². The van der Waals surface area contributed by atoms with Gasteiger partial charge in [-0.05, 0) is 26.0 Å². The first-order valence-corrected chi connectivity index (χ1v) is 8.10. The molecule has 100 valence electrons. The summed E-state index contributed by atoms with van der Waals surface area (Å²) in [7, 11) is -2.08. The van der Waals surface area contributed by atoms with Crippen LogP contribution in [0.25, 0.3) is 0 Å². The summed E-state index contributed by atoms with van der Waals surface area (Å²) < 4.78 is 15.3. The van der Waals surface area contributed by atoms with Gasteiger partial charge in [0.05, 0.1) is 6.54 Å². The summed E-state index contributed by atoms with van der Waals surface area (Å²) in [6, 6.07) is 5.72. The molecule has 1 N–H and O–H groups in total. The van der Waals surface area contributed by atoms with Gasteiger partial charge in [-0.25, -0.2) is 4.36 Å². The molecule has 0 radical (unpaired) electrons. The van der Waals surface area contributed by atoms with Crippen molar-refractivity contribution >= 4 is 15.6 Å². The lowest BCUT2D eigenvalue weighted by atomic mass is 10.1. The highest BCUT2D eigenvalue weighted by molar-refractivity contribution is 7.92. The molecule has 0 spiro atoms. The van der Waals surface area contributed by atoms with E-state index in [1.54, 1.807) is 12.5 Å². The van der Waals surface area contributed by atoms with Crippen LogP contribution in [-0.2, 0) is 9.73 Å². The van der Waals surface area contributed by atoms with Crippen molar-refractivity contribution in [3.8, 4) is 0 Å². The molecule has 1 aromatic carbocycles. The Morgan fingerprint density at radius 2 is 1.78 bits per heavy atom. The zero-order valence-electron chi connectivity index (χ0n) is 11.3. The van der Waals surface area contributed by atoms with Gasteiger partial charge in [0.1, 0.15) is 0 Å². The van der Waals surface area contributed by atoms with Crippen LogP contribution in [0.2, 0.25) is 0 Å². The smallest absolute Gasteiger partial charge is 0.251 e. The molecule has 0 unspecified atom stereocenters. The minimum Gasteiger partial charge on any atom is -0.350 e. The number of aryl methyl sites for hydroxylation is 2. The first-order valence-electron chi connectivity index (χ1n) is 5.77. The molecule has 1 aromatic rings. The van der Waals surface area contributed by atoms with Crippen molar-refractivity contribution in [2.75, 3.05) is 25.6 Å².